The van der Waals surface area contributed by atoms with E-state index in [0.717, 1.165) is 0 Å². The highest BCUT2D eigenvalue weighted by molar-refractivity contribution is 6.33. The lowest BCUT2D eigenvalue weighted by Gasteiger charge is -2.15. The molecule has 3 rings (SSSR count). The maximum atomic E-state index is 14.9. The molecule has 0 spiro atoms. The molecule has 0 fully saturated rings. The number of rotatable bonds is 4. The predicted octanol–water partition coefficient (Wildman–Crippen LogP) is 5.97. The summed E-state index contributed by atoms with van der Waals surface area (Å²) in [6.45, 7) is 0. The van der Waals surface area contributed by atoms with E-state index in [1.165, 1.54) is 20.3 Å². The van der Waals surface area contributed by atoms with Gasteiger partial charge in [0.25, 0.3) is 0 Å². The van der Waals surface area contributed by atoms with E-state index in [-0.39, 0.29) is 16.1 Å². The first-order valence-corrected chi connectivity index (χ1v) is 7.90. The third-order valence-corrected chi connectivity index (χ3v) is 4.23. The fourth-order valence-electron chi connectivity index (χ4n) is 2.76. The van der Waals surface area contributed by atoms with Crippen LogP contribution in [-0.4, -0.2) is 14.2 Å². The zero-order valence-corrected chi connectivity index (χ0v) is 14.4. The SMILES string of the molecule is COc1ccccc1-c1cc(Cl)c(-c2ccccc2OC)c(F)c1F. The summed E-state index contributed by atoms with van der Waals surface area (Å²) < 4.78 is 40.2. The van der Waals surface area contributed by atoms with Crippen LogP contribution in [0, 0.1) is 11.6 Å². The summed E-state index contributed by atoms with van der Waals surface area (Å²) in [7, 11) is 2.93. The molecule has 128 valence electrons. The van der Waals surface area contributed by atoms with E-state index in [1.807, 2.05) is 0 Å². The Bertz CT molecular complexity index is 926. The third kappa shape index (κ3) is 3.05. The van der Waals surface area contributed by atoms with Crippen LogP contribution in [0.1, 0.15) is 0 Å². The largest absolute Gasteiger partial charge is 0.496 e. The van der Waals surface area contributed by atoms with Crippen molar-refractivity contribution in [1.82, 2.24) is 0 Å². The van der Waals surface area contributed by atoms with E-state index in [1.54, 1.807) is 48.5 Å². The van der Waals surface area contributed by atoms with Gasteiger partial charge >= 0.3 is 0 Å². The lowest BCUT2D eigenvalue weighted by molar-refractivity contribution is 0.415. The molecule has 0 saturated carbocycles. The molecule has 0 heterocycles. The average molecular weight is 361 g/mol. The molecule has 0 N–H and O–H groups in total. The Morgan fingerprint density at radius 1 is 0.720 bits per heavy atom. The summed E-state index contributed by atoms with van der Waals surface area (Å²) in [6, 6.07) is 14.9. The number of halogens is 3. The van der Waals surface area contributed by atoms with Crippen molar-refractivity contribution >= 4 is 11.6 Å². The van der Waals surface area contributed by atoms with Crippen LogP contribution in [0.5, 0.6) is 11.5 Å². The third-order valence-electron chi connectivity index (χ3n) is 3.93. The normalized spacial score (nSPS) is 10.6. The number of ether oxygens (including phenoxy) is 2. The minimum atomic E-state index is -1.03. The van der Waals surface area contributed by atoms with Crippen molar-refractivity contribution in [2.24, 2.45) is 0 Å². The second-order valence-corrected chi connectivity index (χ2v) is 5.72. The number of methoxy groups -OCH3 is 2. The minimum absolute atomic E-state index is 0.0322. The Labute approximate surface area is 149 Å². The number of benzene rings is 3. The van der Waals surface area contributed by atoms with Crippen LogP contribution in [0.2, 0.25) is 5.02 Å². The van der Waals surface area contributed by atoms with Crippen molar-refractivity contribution in [2.45, 2.75) is 0 Å². The molecule has 25 heavy (non-hydrogen) atoms. The van der Waals surface area contributed by atoms with Gasteiger partial charge in [0.2, 0.25) is 0 Å². The van der Waals surface area contributed by atoms with Gasteiger partial charge in [-0.1, -0.05) is 48.0 Å². The van der Waals surface area contributed by atoms with E-state index in [4.69, 9.17) is 21.1 Å². The molecular formula is C20H15ClF2O2. The van der Waals surface area contributed by atoms with Gasteiger partial charge in [-0.05, 0) is 18.2 Å². The molecular weight excluding hydrogens is 346 g/mol. The molecule has 0 aromatic heterocycles. The molecule has 0 atom stereocenters. The van der Waals surface area contributed by atoms with Crippen LogP contribution >= 0.6 is 11.6 Å². The highest BCUT2D eigenvalue weighted by Crippen LogP contribution is 2.42. The highest BCUT2D eigenvalue weighted by Gasteiger charge is 2.23. The molecule has 3 aromatic carbocycles. The van der Waals surface area contributed by atoms with Gasteiger partial charge in [-0.3, -0.25) is 0 Å². The zero-order chi connectivity index (χ0) is 18.0. The van der Waals surface area contributed by atoms with Crippen LogP contribution in [0.15, 0.2) is 54.6 Å². The molecule has 0 radical (unpaired) electrons. The minimum Gasteiger partial charge on any atom is -0.496 e. The van der Waals surface area contributed by atoms with Gasteiger partial charge in [-0.15, -0.1) is 0 Å². The van der Waals surface area contributed by atoms with Gasteiger partial charge in [-0.2, -0.15) is 0 Å². The van der Waals surface area contributed by atoms with E-state index in [0.29, 0.717) is 22.6 Å². The van der Waals surface area contributed by atoms with Crippen LogP contribution in [0.4, 0.5) is 8.78 Å². The first-order valence-electron chi connectivity index (χ1n) is 7.52. The summed E-state index contributed by atoms with van der Waals surface area (Å²) in [5.74, 6) is -1.18. The summed E-state index contributed by atoms with van der Waals surface area (Å²) in [5.41, 5.74) is 0.821. The topological polar surface area (TPSA) is 18.5 Å². The Morgan fingerprint density at radius 2 is 1.24 bits per heavy atom. The van der Waals surface area contributed by atoms with Gasteiger partial charge in [0.1, 0.15) is 11.5 Å². The predicted molar refractivity (Wildman–Crippen MR) is 95.3 cm³/mol. The molecule has 0 aliphatic rings. The summed E-state index contributed by atoms with van der Waals surface area (Å²) in [6.07, 6.45) is 0. The fraction of sp³-hybridized carbons (Fsp3) is 0.100. The molecule has 5 heteroatoms. The molecule has 3 aromatic rings. The average Bonchev–Trinajstić information content (AvgIpc) is 2.65. The van der Waals surface area contributed by atoms with Crippen LogP contribution in [0.3, 0.4) is 0 Å². The number of hydrogen-bond donors (Lipinski definition) is 0. The molecule has 0 unspecified atom stereocenters. The van der Waals surface area contributed by atoms with E-state index >= 15 is 0 Å². The monoisotopic (exact) mass is 360 g/mol. The van der Waals surface area contributed by atoms with Crippen LogP contribution in [-0.2, 0) is 0 Å². The first kappa shape index (κ1) is 17.2. The summed E-state index contributed by atoms with van der Waals surface area (Å²) >= 11 is 6.31. The lowest BCUT2D eigenvalue weighted by atomic mass is 9.97. The van der Waals surface area contributed by atoms with E-state index in [9.17, 15) is 8.78 Å². The van der Waals surface area contributed by atoms with Gasteiger partial charge in [0.15, 0.2) is 11.6 Å². The van der Waals surface area contributed by atoms with Crippen molar-refractivity contribution in [1.29, 1.82) is 0 Å². The molecule has 0 aliphatic heterocycles. The van der Waals surface area contributed by atoms with Crippen molar-refractivity contribution in [3.8, 4) is 33.8 Å². The Morgan fingerprint density at radius 3 is 1.84 bits per heavy atom. The van der Waals surface area contributed by atoms with Crippen molar-refractivity contribution in [3.05, 3.63) is 71.3 Å². The van der Waals surface area contributed by atoms with Gasteiger partial charge in [-0.25, -0.2) is 8.78 Å². The fourth-order valence-corrected chi connectivity index (χ4v) is 3.05. The number of para-hydroxylation sites is 2. The second kappa shape index (κ2) is 7.11. The molecule has 0 aliphatic carbocycles. The smallest absolute Gasteiger partial charge is 0.168 e. The molecule has 0 bridgehead atoms. The van der Waals surface area contributed by atoms with Gasteiger partial charge in [0.05, 0.1) is 19.2 Å². The molecule has 0 saturated heterocycles. The van der Waals surface area contributed by atoms with Crippen LogP contribution in [0.25, 0.3) is 22.3 Å². The van der Waals surface area contributed by atoms with Crippen molar-refractivity contribution in [2.75, 3.05) is 14.2 Å². The Hall–Kier alpha value is -2.59. The lowest BCUT2D eigenvalue weighted by Crippen LogP contribution is -1.98. The maximum Gasteiger partial charge on any atom is 0.168 e. The Balaban J connectivity index is 2.25. The Kier molecular flexibility index (Phi) is 4.91. The highest BCUT2D eigenvalue weighted by atomic mass is 35.5. The van der Waals surface area contributed by atoms with Crippen molar-refractivity contribution < 1.29 is 18.3 Å². The first-order chi connectivity index (χ1) is 12.1. The molecule has 0 amide bonds. The van der Waals surface area contributed by atoms with Crippen molar-refractivity contribution in [3.63, 3.8) is 0 Å². The molecule has 2 nitrogen and oxygen atoms in total. The van der Waals surface area contributed by atoms with E-state index in [2.05, 4.69) is 0 Å². The quantitative estimate of drug-likeness (QED) is 0.534. The van der Waals surface area contributed by atoms with Gasteiger partial charge < -0.3 is 9.47 Å². The summed E-state index contributed by atoms with van der Waals surface area (Å²) in [5, 5.41) is 0.0873. The van der Waals surface area contributed by atoms with E-state index < -0.39 is 11.6 Å². The summed E-state index contributed by atoms with van der Waals surface area (Å²) in [4.78, 5) is 0. The van der Waals surface area contributed by atoms with Crippen LogP contribution < -0.4 is 9.47 Å². The number of hydrogen-bond acceptors (Lipinski definition) is 2. The zero-order valence-electron chi connectivity index (χ0n) is 13.6. The maximum absolute atomic E-state index is 14.9. The second-order valence-electron chi connectivity index (χ2n) is 5.31. The standard InChI is InChI=1S/C20H15ClF2O2/c1-24-16-9-5-3-7-12(16)14-11-15(21)18(20(23)19(14)22)13-8-4-6-10-17(13)25-2/h3-11H,1-2H3. The van der Waals surface area contributed by atoms with Gasteiger partial charge in [0, 0.05) is 22.3 Å².